The van der Waals surface area contributed by atoms with Crippen molar-refractivity contribution in [2.75, 3.05) is 6.54 Å². The number of hydrogen-bond donors (Lipinski definition) is 2. The maximum Gasteiger partial charge on any atom is 0.242 e. The minimum Gasteiger partial charge on any atom is -0.354 e. The number of carbonyl (C=O) groups excluding carboxylic acids is 2. The van der Waals surface area contributed by atoms with Gasteiger partial charge in [-0.3, -0.25) is 9.59 Å². The Morgan fingerprint density at radius 1 is 1.53 bits per heavy atom. The Morgan fingerprint density at radius 3 is 3.00 bits per heavy atom. The van der Waals surface area contributed by atoms with Gasteiger partial charge in [-0.2, -0.15) is 0 Å². The van der Waals surface area contributed by atoms with Crippen molar-refractivity contribution >= 4 is 27.7 Å². The van der Waals surface area contributed by atoms with Gasteiger partial charge in [0.15, 0.2) is 0 Å². The smallest absolute Gasteiger partial charge is 0.242 e. The second-order valence-electron chi connectivity index (χ2n) is 4.44. The summed E-state index contributed by atoms with van der Waals surface area (Å²) >= 11 is 3.28. The van der Waals surface area contributed by atoms with Gasteiger partial charge in [-0.25, -0.2) is 4.39 Å². The number of rotatable bonds is 4. The van der Waals surface area contributed by atoms with Crippen LogP contribution in [0.1, 0.15) is 18.4 Å². The fraction of sp³-hybridized carbons (Fsp3) is 0.385. The van der Waals surface area contributed by atoms with E-state index in [1.165, 1.54) is 6.07 Å². The molecule has 1 aromatic carbocycles. The minimum absolute atomic E-state index is 0.0989. The van der Waals surface area contributed by atoms with Gasteiger partial charge in [0, 0.05) is 17.4 Å². The van der Waals surface area contributed by atoms with Gasteiger partial charge in [0.05, 0.1) is 0 Å². The molecule has 1 aromatic rings. The van der Waals surface area contributed by atoms with Gasteiger partial charge >= 0.3 is 0 Å². The summed E-state index contributed by atoms with van der Waals surface area (Å²) in [6.07, 6.45) is 1.33. The molecule has 102 valence electrons. The molecule has 0 saturated carbocycles. The first kappa shape index (κ1) is 14.0. The molecular formula is C13H14BrFN2O2. The Hall–Kier alpha value is -1.43. The van der Waals surface area contributed by atoms with Crippen LogP contribution in [-0.4, -0.2) is 24.4 Å². The van der Waals surface area contributed by atoms with Crippen LogP contribution in [0.25, 0.3) is 0 Å². The van der Waals surface area contributed by atoms with Crippen LogP contribution >= 0.6 is 15.9 Å². The molecule has 19 heavy (non-hydrogen) atoms. The Bertz CT molecular complexity index is 507. The molecule has 0 spiro atoms. The third-order valence-corrected chi connectivity index (χ3v) is 3.51. The van der Waals surface area contributed by atoms with Gasteiger partial charge in [-0.05, 0) is 36.6 Å². The molecule has 1 aliphatic heterocycles. The van der Waals surface area contributed by atoms with Crippen molar-refractivity contribution in [3.63, 3.8) is 0 Å². The number of nitrogens with one attached hydrogen (secondary N) is 2. The van der Waals surface area contributed by atoms with Crippen LogP contribution in [0, 0.1) is 5.82 Å². The van der Waals surface area contributed by atoms with E-state index >= 15 is 0 Å². The topological polar surface area (TPSA) is 58.2 Å². The van der Waals surface area contributed by atoms with Crippen molar-refractivity contribution < 1.29 is 14.0 Å². The van der Waals surface area contributed by atoms with E-state index in [2.05, 4.69) is 26.6 Å². The van der Waals surface area contributed by atoms with E-state index in [0.717, 1.165) is 4.47 Å². The van der Waals surface area contributed by atoms with Crippen molar-refractivity contribution in [3.8, 4) is 0 Å². The normalized spacial score (nSPS) is 18.2. The first-order valence-electron chi connectivity index (χ1n) is 6.07. The fourth-order valence-corrected chi connectivity index (χ4v) is 2.40. The van der Waals surface area contributed by atoms with Crippen LogP contribution in [0.3, 0.4) is 0 Å². The van der Waals surface area contributed by atoms with Gasteiger partial charge in [0.1, 0.15) is 11.9 Å². The molecule has 1 aliphatic rings. The highest BCUT2D eigenvalue weighted by molar-refractivity contribution is 9.10. The minimum atomic E-state index is -0.445. The molecule has 1 atom stereocenters. The highest BCUT2D eigenvalue weighted by Crippen LogP contribution is 2.15. The van der Waals surface area contributed by atoms with Crippen molar-refractivity contribution in [1.82, 2.24) is 10.6 Å². The van der Waals surface area contributed by atoms with E-state index in [4.69, 9.17) is 0 Å². The summed E-state index contributed by atoms with van der Waals surface area (Å²) in [5.41, 5.74) is 0.546. The summed E-state index contributed by atoms with van der Waals surface area (Å²) in [4.78, 5) is 22.7. The summed E-state index contributed by atoms with van der Waals surface area (Å²) in [5.74, 6) is -0.592. The van der Waals surface area contributed by atoms with Gasteiger partial charge in [0.25, 0.3) is 0 Å². The van der Waals surface area contributed by atoms with Gasteiger partial charge in [-0.1, -0.05) is 15.9 Å². The standard InChI is InChI=1S/C13H14BrFN2O2/c14-9-1-2-10(15)8(7-9)5-6-16-13(19)11-3-4-12(18)17-11/h1-2,7,11H,3-6H2,(H,16,19)(H,17,18). The third kappa shape index (κ3) is 3.76. The number of halogens is 2. The lowest BCUT2D eigenvalue weighted by Gasteiger charge is -2.11. The van der Waals surface area contributed by atoms with Crippen molar-refractivity contribution in [2.45, 2.75) is 25.3 Å². The van der Waals surface area contributed by atoms with Crippen LogP contribution in [0.15, 0.2) is 22.7 Å². The Balaban J connectivity index is 1.81. The lowest BCUT2D eigenvalue weighted by molar-refractivity contribution is -0.125. The molecule has 0 radical (unpaired) electrons. The second kappa shape index (κ2) is 6.14. The molecule has 0 aromatic heterocycles. The van der Waals surface area contributed by atoms with E-state index in [9.17, 15) is 14.0 Å². The van der Waals surface area contributed by atoms with Crippen molar-refractivity contribution in [3.05, 3.63) is 34.1 Å². The zero-order valence-corrected chi connectivity index (χ0v) is 11.8. The first-order chi connectivity index (χ1) is 9.06. The number of hydrogen-bond acceptors (Lipinski definition) is 2. The summed E-state index contributed by atoms with van der Waals surface area (Å²) in [6, 6.07) is 4.27. The van der Waals surface area contributed by atoms with Gasteiger partial charge in [0.2, 0.25) is 11.8 Å². The molecule has 1 unspecified atom stereocenters. The molecular weight excluding hydrogens is 315 g/mol. The third-order valence-electron chi connectivity index (χ3n) is 3.01. The average molecular weight is 329 g/mol. The van der Waals surface area contributed by atoms with Crippen LogP contribution in [-0.2, 0) is 16.0 Å². The molecule has 0 bridgehead atoms. The average Bonchev–Trinajstić information content (AvgIpc) is 2.80. The SMILES string of the molecule is O=C1CCC(C(=O)NCCc2cc(Br)ccc2F)N1. The highest BCUT2D eigenvalue weighted by Gasteiger charge is 2.26. The molecule has 1 fully saturated rings. The van der Waals surface area contributed by atoms with Crippen LogP contribution < -0.4 is 10.6 Å². The van der Waals surface area contributed by atoms with E-state index < -0.39 is 6.04 Å². The number of benzene rings is 1. The van der Waals surface area contributed by atoms with Crippen LogP contribution in [0.5, 0.6) is 0 Å². The summed E-state index contributed by atoms with van der Waals surface area (Å²) < 4.78 is 14.3. The van der Waals surface area contributed by atoms with Gasteiger partial charge in [-0.15, -0.1) is 0 Å². The van der Waals surface area contributed by atoms with Gasteiger partial charge < -0.3 is 10.6 Å². The molecule has 2 rings (SSSR count). The predicted molar refractivity (Wildman–Crippen MR) is 72.0 cm³/mol. The summed E-state index contributed by atoms with van der Waals surface area (Å²) in [7, 11) is 0. The zero-order valence-electron chi connectivity index (χ0n) is 10.2. The zero-order chi connectivity index (χ0) is 13.8. The molecule has 1 saturated heterocycles. The Kier molecular flexibility index (Phi) is 4.52. The molecule has 2 amide bonds. The second-order valence-corrected chi connectivity index (χ2v) is 5.35. The molecule has 1 heterocycles. The summed E-state index contributed by atoms with van der Waals surface area (Å²) in [6.45, 7) is 0.346. The van der Waals surface area contributed by atoms with Crippen molar-refractivity contribution in [1.29, 1.82) is 0 Å². The van der Waals surface area contributed by atoms with E-state index in [1.807, 2.05) is 0 Å². The highest BCUT2D eigenvalue weighted by atomic mass is 79.9. The maximum absolute atomic E-state index is 13.5. The monoisotopic (exact) mass is 328 g/mol. The molecule has 6 heteroatoms. The fourth-order valence-electron chi connectivity index (χ4n) is 1.99. The van der Waals surface area contributed by atoms with E-state index in [-0.39, 0.29) is 17.6 Å². The van der Waals surface area contributed by atoms with Crippen molar-refractivity contribution in [2.24, 2.45) is 0 Å². The largest absolute Gasteiger partial charge is 0.354 e. The Labute approximate surface area is 118 Å². The Morgan fingerprint density at radius 2 is 2.32 bits per heavy atom. The van der Waals surface area contributed by atoms with Crippen LogP contribution in [0.4, 0.5) is 4.39 Å². The maximum atomic E-state index is 13.5. The molecule has 4 nitrogen and oxygen atoms in total. The van der Waals surface area contributed by atoms with Crippen LogP contribution in [0.2, 0.25) is 0 Å². The number of amides is 2. The lowest BCUT2D eigenvalue weighted by atomic mass is 10.1. The molecule has 2 N–H and O–H groups in total. The predicted octanol–water partition coefficient (Wildman–Crippen LogP) is 1.53. The lowest BCUT2D eigenvalue weighted by Crippen LogP contribution is -2.42. The first-order valence-corrected chi connectivity index (χ1v) is 6.86. The summed E-state index contributed by atoms with van der Waals surface area (Å²) in [5, 5.41) is 5.29. The quantitative estimate of drug-likeness (QED) is 0.880. The number of carbonyl (C=O) groups is 2. The molecule has 0 aliphatic carbocycles. The van der Waals surface area contributed by atoms with E-state index in [1.54, 1.807) is 12.1 Å². The van der Waals surface area contributed by atoms with E-state index in [0.29, 0.717) is 31.4 Å².